The lowest BCUT2D eigenvalue weighted by Gasteiger charge is -2.14. The zero-order valence-corrected chi connectivity index (χ0v) is 19.2. The first-order valence-electron chi connectivity index (χ1n) is 10.8. The van der Waals surface area contributed by atoms with Crippen LogP contribution in [0.5, 0.6) is 0 Å². The Labute approximate surface area is 213 Å². The third-order valence-corrected chi connectivity index (χ3v) is 4.97. The Hall–Kier alpha value is -4.56. The lowest BCUT2D eigenvalue weighted by atomic mass is 10.2. The van der Waals surface area contributed by atoms with Crippen LogP contribution in [-0.4, -0.2) is 15.0 Å². The summed E-state index contributed by atoms with van der Waals surface area (Å²) in [5, 5.41) is 7.61. The van der Waals surface area contributed by atoms with Crippen molar-refractivity contribution in [3.8, 4) is 0 Å². The SMILES string of the molecule is FC(F)(F)c1cccc(Nc2nc(Nc3cccc(C(F)(F)F)c3)nc(Nc3cccc(C(F)(F)F)c3)n2)c1. The second-order valence-electron chi connectivity index (χ2n) is 7.92. The standard InChI is InChI=1S/C24H15F9N6/c25-22(26,27)13-4-1-7-16(10-13)34-19-37-20(35-17-8-2-5-14(11-17)23(28,29)30)39-21(38-19)36-18-9-3-6-15(12-18)24(31,32)33/h1-12H,(H3,34,35,36,37,38,39). The van der Waals surface area contributed by atoms with Crippen molar-refractivity contribution in [1.82, 2.24) is 15.0 Å². The van der Waals surface area contributed by atoms with Gasteiger partial charge < -0.3 is 16.0 Å². The van der Waals surface area contributed by atoms with Gasteiger partial charge in [0.1, 0.15) is 0 Å². The molecule has 0 spiro atoms. The summed E-state index contributed by atoms with van der Waals surface area (Å²) in [5.74, 6) is -1.06. The molecule has 204 valence electrons. The minimum absolute atomic E-state index is 0.0916. The molecule has 4 rings (SSSR count). The molecule has 4 aromatic rings. The summed E-state index contributed by atoms with van der Waals surface area (Å²) in [4.78, 5) is 11.9. The quantitative estimate of drug-likeness (QED) is 0.208. The first kappa shape index (κ1) is 27.5. The van der Waals surface area contributed by atoms with Gasteiger partial charge in [-0.3, -0.25) is 0 Å². The van der Waals surface area contributed by atoms with E-state index < -0.39 is 35.2 Å². The highest BCUT2D eigenvalue weighted by Crippen LogP contribution is 2.34. The molecule has 39 heavy (non-hydrogen) atoms. The molecule has 0 radical (unpaired) electrons. The molecule has 0 aliphatic carbocycles. The van der Waals surface area contributed by atoms with Crippen molar-refractivity contribution in [2.75, 3.05) is 16.0 Å². The van der Waals surface area contributed by atoms with Crippen molar-refractivity contribution in [2.45, 2.75) is 18.5 Å². The van der Waals surface area contributed by atoms with Gasteiger partial charge in [0.05, 0.1) is 16.7 Å². The van der Waals surface area contributed by atoms with Crippen molar-refractivity contribution < 1.29 is 39.5 Å². The molecule has 6 nitrogen and oxygen atoms in total. The number of anilines is 6. The van der Waals surface area contributed by atoms with E-state index in [9.17, 15) is 39.5 Å². The topological polar surface area (TPSA) is 74.8 Å². The molecule has 15 heteroatoms. The summed E-state index contributed by atoms with van der Waals surface area (Å²) >= 11 is 0. The minimum atomic E-state index is -4.65. The largest absolute Gasteiger partial charge is 0.416 e. The van der Waals surface area contributed by atoms with E-state index in [1.165, 1.54) is 18.2 Å². The number of nitrogens with one attached hydrogen (secondary N) is 3. The first-order chi connectivity index (χ1) is 18.2. The van der Waals surface area contributed by atoms with Gasteiger partial charge in [-0.15, -0.1) is 0 Å². The van der Waals surface area contributed by atoms with Crippen LogP contribution in [0.3, 0.4) is 0 Å². The highest BCUT2D eigenvalue weighted by atomic mass is 19.4. The van der Waals surface area contributed by atoms with Gasteiger partial charge in [0.2, 0.25) is 17.8 Å². The average molecular weight is 558 g/mol. The molecule has 0 unspecified atom stereocenters. The summed E-state index contributed by atoms with van der Waals surface area (Å²) in [7, 11) is 0. The summed E-state index contributed by atoms with van der Waals surface area (Å²) in [5.41, 5.74) is -3.22. The number of hydrogen-bond donors (Lipinski definition) is 3. The molecule has 1 aromatic heterocycles. The Morgan fingerprint density at radius 1 is 0.410 bits per heavy atom. The molecule has 1 heterocycles. The van der Waals surface area contributed by atoms with Crippen molar-refractivity contribution in [3.05, 3.63) is 89.5 Å². The van der Waals surface area contributed by atoms with E-state index in [1.54, 1.807) is 0 Å². The normalized spacial score (nSPS) is 12.2. The van der Waals surface area contributed by atoms with Crippen LogP contribution in [-0.2, 0) is 18.5 Å². The van der Waals surface area contributed by atoms with E-state index in [4.69, 9.17) is 0 Å². The van der Waals surface area contributed by atoms with Gasteiger partial charge in [-0.25, -0.2) is 0 Å². The molecular weight excluding hydrogens is 543 g/mol. The van der Waals surface area contributed by atoms with Crippen LogP contribution in [0.1, 0.15) is 16.7 Å². The summed E-state index contributed by atoms with van der Waals surface area (Å²) in [6.45, 7) is 0. The molecule has 0 aliphatic heterocycles. The summed E-state index contributed by atoms with van der Waals surface area (Å²) < 4.78 is 118. The van der Waals surface area contributed by atoms with Crippen LogP contribution >= 0.6 is 0 Å². The fourth-order valence-electron chi connectivity index (χ4n) is 3.25. The number of alkyl halides is 9. The number of benzene rings is 3. The van der Waals surface area contributed by atoms with E-state index in [-0.39, 0.29) is 34.9 Å². The lowest BCUT2D eigenvalue weighted by molar-refractivity contribution is -0.138. The number of rotatable bonds is 6. The van der Waals surface area contributed by atoms with Gasteiger partial charge >= 0.3 is 18.5 Å². The fraction of sp³-hybridized carbons (Fsp3) is 0.125. The number of nitrogens with zero attached hydrogens (tertiary/aromatic N) is 3. The maximum atomic E-state index is 13.1. The molecular formula is C24H15F9N6. The van der Waals surface area contributed by atoms with E-state index in [0.29, 0.717) is 0 Å². The highest BCUT2D eigenvalue weighted by Gasteiger charge is 2.32. The molecule has 0 saturated carbocycles. The van der Waals surface area contributed by atoms with Gasteiger partial charge in [0, 0.05) is 17.1 Å². The Kier molecular flexibility index (Phi) is 7.26. The Morgan fingerprint density at radius 3 is 0.897 bits per heavy atom. The Bertz CT molecular complexity index is 1280. The molecule has 0 saturated heterocycles. The van der Waals surface area contributed by atoms with Crippen molar-refractivity contribution in [2.24, 2.45) is 0 Å². The maximum absolute atomic E-state index is 13.1. The molecule has 3 N–H and O–H groups in total. The van der Waals surface area contributed by atoms with E-state index >= 15 is 0 Å². The van der Waals surface area contributed by atoms with Crippen LogP contribution in [0.4, 0.5) is 74.4 Å². The van der Waals surface area contributed by atoms with E-state index in [0.717, 1.165) is 54.6 Å². The molecule has 3 aromatic carbocycles. The Balaban J connectivity index is 1.70. The van der Waals surface area contributed by atoms with Gasteiger partial charge in [-0.1, -0.05) is 18.2 Å². The Morgan fingerprint density at radius 2 is 0.667 bits per heavy atom. The van der Waals surface area contributed by atoms with E-state index in [1.807, 2.05) is 0 Å². The third-order valence-electron chi connectivity index (χ3n) is 4.97. The van der Waals surface area contributed by atoms with E-state index in [2.05, 4.69) is 30.9 Å². The van der Waals surface area contributed by atoms with Crippen LogP contribution in [0.15, 0.2) is 72.8 Å². The molecule has 0 fully saturated rings. The van der Waals surface area contributed by atoms with Crippen molar-refractivity contribution in [3.63, 3.8) is 0 Å². The predicted octanol–water partition coefficient (Wildman–Crippen LogP) is 8.16. The minimum Gasteiger partial charge on any atom is -0.324 e. The predicted molar refractivity (Wildman–Crippen MR) is 124 cm³/mol. The third kappa shape index (κ3) is 7.27. The second kappa shape index (κ2) is 10.3. The summed E-state index contributed by atoms with van der Waals surface area (Å²) in [6, 6.07) is 12.0. The number of halogens is 9. The molecule has 0 bridgehead atoms. The van der Waals surface area contributed by atoms with Gasteiger partial charge in [-0.2, -0.15) is 54.5 Å². The van der Waals surface area contributed by atoms with Gasteiger partial charge in [-0.05, 0) is 54.6 Å². The van der Waals surface area contributed by atoms with Crippen LogP contribution in [0, 0.1) is 0 Å². The van der Waals surface area contributed by atoms with Crippen LogP contribution < -0.4 is 16.0 Å². The maximum Gasteiger partial charge on any atom is 0.416 e. The van der Waals surface area contributed by atoms with Crippen molar-refractivity contribution in [1.29, 1.82) is 0 Å². The van der Waals surface area contributed by atoms with Gasteiger partial charge in [0.25, 0.3) is 0 Å². The monoisotopic (exact) mass is 558 g/mol. The first-order valence-corrected chi connectivity index (χ1v) is 10.8. The smallest absolute Gasteiger partial charge is 0.324 e. The average Bonchev–Trinajstić information content (AvgIpc) is 2.83. The molecule has 0 atom stereocenters. The molecule has 0 amide bonds. The van der Waals surface area contributed by atoms with Crippen molar-refractivity contribution >= 4 is 34.9 Å². The van der Waals surface area contributed by atoms with Crippen LogP contribution in [0.25, 0.3) is 0 Å². The number of hydrogen-bond acceptors (Lipinski definition) is 6. The highest BCUT2D eigenvalue weighted by molar-refractivity contribution is 5.63. The lowest BCUT2D eigenvalue weighted by Crippen LogP contribution is -2.10. The second-order valence-corrected chi connectivity index (χ2v) is 7.92. The number of aromatic nitrogens is 3. The zero-order chi connectivity index (χ0) is 28.4. The fourth-order valence-corrected chi connectivity index (χ4v) is 3.25. The van der Waals surface area contributed by atoms with Crippen LogP contribution in [0.2, 0.25) is 0 Å². The zero-order valence-electron chi connectivity index (χ0n) is 19.2. The summed E-state index contributed by atoms with van der Waals surface area (Å²) in [6.07, 6.45) is -13.9. The van der Waals surface area contributed by atoms with Gasteiger partial charge in [0.15, 0.2) is 0 Å². The molecule has 0 aliphatic rings.